The van der Waals surface area contributed by atoms with Crippen molar-refractivity contribution in [3.63, 3.8) is 0 Å². The molecule has 0 N–H and O–H groups in total. The zero-order valence-corrected chi connectivity index (χ0v) is 22.5. The van der Waals surface area contributed by atoms with Gasteiger partial charge >= 0.3 is 5.66 Å². The van der Waals surface area contributed by atoms with Gasteiger partial charge in [-0.25, -0.2) is 22.8 Å². The van der Waals surface area contributed by atoms with E-state index in [2.05, 4.69) is 50.4 Å². The van der Waals surface area contributed by atoms with Crippen LogP contribution in [-0.2, 0) is 0 Å². The van der Waals surface area contributed by atoms with Crippen LogP contribution in [0.25, 0.3) is 15.8 Å². The van der Waals surface area contributed by atoms with Crippen LogP contribution >= 0.6 is 15.9 Å². The van der Waals surface area contributed by atoms with Crippen molar-refractivity contribution in [1.82, 2.24) is 0 Å². The van der Waals surface area contributed by atoms with Crippen molar-refractivity contribution >= 4 is 22.0 Å². The maximum absolute atomic E-state index is 7.98. The maximum Gasteiger partial charge on any atom is 0.509 e. The first-order valence-electron chi connectivity index (χ1n) is 11.8. The molecule has 5 nitrogen and oxygen atoms in total. The molecule has 1 aliphatic rings. The number of ether oxygens (including phenoxy) is 3. The van der Waals surface area contributed by atoms with Gasteiger partial charge in [0.25, 0.3) is 0 Å². The largest absolute Gasteiger partial charge is 0.509 e. The SMILES string of the molecule is [C-]#[N+]C(CC=C)([N+]#[C-])C1=CCCC[C@H]1[C@@H](/C=C/c1ccc(OC)cc1)c1c(OC)ccc(OC)c1Br. The minimum Gasteiger partial charge on any atom is -0.497 e. The van der Waals surface area contributed by atoms with Crippen LogP contribution in [0.1, 0.15) is 42.7 Å². The lowest BCUT2D eigenvalue weighted by Gasteiger charge is -2.32. The topological polar surface area (TPSA) is 36.4 Å². The third kappa shape index (κ3) is 5.50. The molecule has 0 aromatic heterocycles. The summed E-state index contributed by atoms with van der Waals surface area (Å²) in [5, 5.41) is 0. The Labute approximate surface area is 222 Å². The van der Waals surface area contributed by atoms with Crippen molar-refractivity contribution in [1.29, 1.82) is 0 Å². The van der Waals surface area contributed by atoms with Gasteiger partial charge in [0.15, 0.2) is 0 Å². The highest BCUT2D eigenvalue weighted by Crippen LogP contribution is 2.50. The van der Waals surface area contributed by atoms with Crippen molar-refractivity contribution in [2.24, 2.45) is 5.92 Å². The van der Waals surface area contributed by atoms with Gasteiger partial charge in [0, 0.05) is 17.4 Å². The van der Waals surface area contributed by atoms with Crippen LogP contribution in [0.15, 0.2) is 71.3 Å². The number of nitrogens with zero attached hydrogens (tertiary/aromatic N) is 2. The van der Waals surface area contributed by atoms with Gasteiger partial charge in [0.1, 0.15) is 29.2 Å². The summed E-state index contributed by atoms with van der Waals surface area (Å²) in [6, 6.07) is 11.6. The zero-order valence-electron chi connectivity index (χ0n) is 21.0. The zero-order chi connectivity index (χ0) is 26.1. The highest BCUT2D eigenvalue weighted by molar-refractivity contribution is 9.10. The fourth-order valence-electron chi connectivity index (χ4n) is 4.86. The van der Waals surface area contributed by atoms with Crippen molar-refractivity contribution in [3.05, 3.63) is 105 Å². The van der Waals surface area contributed by atoms with Crippen LogP contribution < -0.4 is 14.2 Å². The quantitative estimate of drug-likeness (QED) is 0.223. The van der Waals surface area contributed by atoms with Crippen LogP contribution in [0, 0.1) is 19.1 Å². The van der Waals surface area contributed by atoms with Gasteiger partial charge in [-0.15, -0.1) is 6.58 Å². The average molecular weight is 547 g/mol. The Bertz CT molecular complexity index is 1200. The second-order valence-electron chi connectivity index (χ2n) is 8.59. The Morgan fingerprint density at radius 1 is 1.06 bits per heavy atom. The lowest BCUT2D eigenvalue weighted by atomic mass is 9.70. The van der Waals surface area contributed by atoms with Crippen molar-refractivity contribution < 1.29 is 14.2 Å². The van der Waals surface area contributed by atoms with Crippen LogP contribution in [0.5, 0.6) is 17.2 Å². The summed E-state index contributed by atoms with van der Waals surface area (Å²) in [6.45, 7) is 19.8. The van der Waals surface area contributed by atoms with Crippen LogP contribution in [0.4, 0.5) is 0 Å². The predicted octanol–water partition coefficient (Wildman–Crippen LogP) is 8.11. The number of hydrogen-bond acceptors (Lipinski definition) is 3. The summed E-state index contributed by atoms with van der Waals surface area (Å²) in [5.41, 5.74) is 1.52. The minimum atomic E-state index is -1.29. The van der Waals surface area contributed by atoms with E-state index in [4.69, 9.17) is 27.4 Å². The minimum absolute atomic E-state index is 0.0753. The summed E-state index contributed by atoms with van der Waals surface area (Å²) in [5.74, 6) is 1.96. The fraction of sp³-hybridized carbons (Fsp3) is 0.333. The Morgan fingerprint density at radius 3 is 2.31 bits per heavy atom. The van der Waals surface area contributed by atoms with Gasteiger partial charge < -0.3 is 14.2 Å². The van der Waals surface area contributed by atoms with Crippen LogP contribution in [0.2, 0.25) is 0 Å². The Kier molecular flexibility index (Phi) is 9.39. The molecule has 0 bridgehead atoms. The lowest BCUT2D eigenvalue weighted by Crippen LogP contribution is -2.32. The fourth-order valence-corrected chi connectivity index (χ4v) is 5.62. The van der Waals surface area contributed by atoms with E-state index in [1.165, 1.54) is 0 Å². The van der Waals surface area contributed by atoms with Gasteiger partial charge in [-0.05, 0) is 65.0 Å². The smallest absolute Gasteiger partial charge is 0.497 e. The summed E-state index contributed by atoms with van der Waals surface area (Å²) in [6.07, 6.45) is 11.0. The molecular formula is C30H31BrN2O3. The molecule has 0 radical (unpaired) electrons. The molecule has 2 aromatic carbocycles. The van der Waals surface area contributed by atoms with E-state index in [0.29, 0.717) is 5.75 Å². The number of rotatable bonds is 10. The molecule has 0 saturated heterocycles. The first-order valence-corrected chi connectivity index (χ1v) is 12.6. The van der Waals surface area contributed by atoms with Gasteiger partial charge in [-0.2, -0.15) is 0 Å². The highest BCUT2D eigenvalue weighted by Gasteiger charge is 2.52. The molecular weight excluding hydrogens is 516 g/mol. The number of halogens is 1. The van der Waals surface area contributed by atoms with E-state index in [1.54, 1.807) is 27.4 Å². The van der Waals surface area contributed by atoms with Crippen molar-refractivity contribution in [3.8, 4) is 17.2 Å². The molecule has 2 atom stereocenters. The van der Waals surface area contributed by atoms with Crippen LogP contribution in [0.3, 0.4) is 0 Å². The molecule has 0 fully saturated rings. The van der Waals surface area contributed by atoms with Gasteiger partial charge in [0.2, 0.25) is 0 Å². The number of methoxy groups -OCH3 is 3. The molecule has 186 valence electrons. The molecule has 0 amide bonds. The molecule has 1 aliphatic carbocycles. The van der Waals surface area contributed by atoms with E-state index in [0.717, 1.165) is 51.9 Å². The molecule has 3 rings (SSSR count). The first-order chi connectivity index (χ1) is 17.5. The molecule has 36 heavy (non-hydrogen) atoms. The average Bonchev–Trinajstić information content (AvgIpc) is 2.93. The molecule has 0 unspecified atom stereocenters. The Morgan fingerprint density at radius 2 is 1.72 bits per heavy atom. The van der Waals surface area contributed by atoms with Crippen molar-refractivity contribution in [2.75, 3.05) is 21.3 Å². The number of allylic oxidation sites excluding steroid dienone is 2. The van der Waals surface area contributed by atoms with E-state index in [9.17, 15) is 0 Å². The molecule has 6 heteroatoms. The summed E-state index contributed by atoms with van der Waals surface area (Å²) < 4.78 is 17.5. The van der Waals surface area contributed by atoms with Crippen LogP contribution in [-0.4, -0.2) is 27.0 Å². The second-order valence-corrected chi connectivity index (χ2v) is 9.38. The standard InChI is InChI=1S/C30H31BrN2O3/c1-7-20-30(32-2,33-3)25-11-9-8-10-23(25)24(17-14-21-12-15-22(34-4)16-13-21)28-26(35-5)18-19-27(36-6)29(28)31/h7,11-19,23-24H,1,8-10,20H2,4-6H3/b17-14+/t23-,24+/m0/s1. The summed E-state index contributed by atoms with van der Waals surface area (Å²) >= 11 is 3.77. The second kappa shape index (κ2) is 12.5. The summed E-state index contributed by atoms with van der Waals surface area (Å²) in [7, 11) is 4.94. The van der Waals surface area contributed by atoms with E-state index in [-0.39, 0.29) is 18.3 Å². The van der Waals surface area contributed by atoms with Gasteiger partial charge in [0.05, 0.1) is 25.8 Å². The molecule has 2 aromatic rings. The van der Waals surface area contributed by atoms with E-state index >= 15 is 0 Å². The first kappa shape index (κ1) is 27.1. The number of hydrogen-bond donors (Lipinski definition) is 0. The molecule has 0 saturated carbocycles. The highest BCUT2D eigenvalue weighted by atomic mass is 79.9. The predicted molar refractivity (Wildman–Crippen MR) is 148 cm³/mol. The monoisotopic (exact) mass is 546 g/mol. The maximum atomic E-state index is 7.98. The third-order valence-electron chi connectivity index (χ3n) is 6.67. The van der Waals surface area contributed by atoms with E-state index in [1.807, 2.05) is 36.4 Å². The number of benzene rings is 2. The molecule has 0 heterocycles. The third-order valence-corrected chi connectivity index (χ3v) is 7.48. The normalized spacial score (nSPS) is 16.4. The Hall–Kier alpha value is -3.48. The van der Waals surface area contributed by atoms with Gasteiger partial charge in [-0.3, -0.25) is 0 Å². The lowest BCUT2D eigenvalue weighted by molar-refractivity contribution is 0.379. The summed E-state index contributed by atoms with van der Waals surface area (Å²) in [4.78, 5) is 7.73. The van der Waals surface area contributed by atoms with E-state index < -0.39 is 5.66 Å². The van der Waals surface area contributed by atoms with Gasteiger partial charge in [-0.1, -0.05) is 36.4 Å². The van der Waals surface area contributed by atoms with Crippen molar-refractivity contribution in [2.45, 2.75) is 37.3 Å². The molecule has 0 spiro atoms. The molecule has 0 aliphatic heterocycles. The Balaban J connectivity index is 2.22.